The third-order valence-electron chi connectivity index (χ3n) is 2.92. The standard InChI is InChI=1S/C12H22N4O2S/c1-4-16(5-2)9-8-15-19(17,18)11-6-7-12(13-3)14-10-11/h6-7,10,15H,4-5,8-9H2,1-3H3,(H,13,14). The molecule has 0 bridgehead atoms. The molecule has 0 amide bonds. The van der Waals surface area contributed by atoms with Crippen molar-refractivity contribution in [3.05, 3.63) is 18.3 Å². The van der Waals surface area contributed by atoms with Gasteiger partial charge < -0.3 is 10.2 Å². The highest BCUT2D eigenvalue weighted by Gasteiger charge is 2.14. The predicted octanol–water partition coefficient (Wildman–Crippen LogP) is 0.743. The van der Waals surface area contributed by atoms with Crippen molar-refractivity contribution in [2.45, 2.75) is 18.7 Å². The number of hydrogen-bond acceptors (Lipinski definition) is 5. The summed E-state index contributed by atoms with van der Waals surface area (Å²) in [4.78, 5) is 6.34. The van der Waals surface area contributed by atoms with Crippen LogP contribution >= 0.6 is 0 Å². The number of nitrogens with zero attached hydrogens (tertiary/aromatic N) is 2. The maximum absolute atomic E-state index is 12.0. The monoisotopic (exact) mass is 286 g/mol. The van der Waals surface area contributed by atoms with Crippen LogP contribution in [0.2, 0.25) is 0 Å². The van der Waals surface area contributed by atoms with Crippen LogP contribution in [-0.4, -0.2) is 51.5 Å². The van der Waals surface area contributed by atoms with Crippen LogP contribution in [0.3, 0.4) is 0 Å². The van der Waals surface area contributed by atoms with Gasteiger partial charge in [-0.05, 0) is 25.2 Å². The van der Waals surface area contributed by atoms with Gasteiger partial charge >= 0.3 is 0 Å². The van der Waals surface area contributed by atoms with Gasteiger partial charge in [0.2, 0.25) is 10.0 Å². The maximum Gasteiger partial charge on any atom is 0.242 e. The zero-order chi connectivity index (χ0) is 14.3. The van der Waals surface area contributed by atoms with E-state index in [4.69, 9.17) is 0 Å². The molecule has 0 atom stereocenters. The second-order valence-electron chi connectivity index (χ2n) is 4.05. The third-order valence-corrected chi connectivity index (χ3v) is 4.36. The Kier molecular flexibility index (Phi) is 6.20. The van der Waals surface area contributed by atoms with E-state index in [0.717, 1.165) is 13.1 Å². The molecule has 1 rings (SSSR count). The first kappa shape index (κ1) is 15.9. The number of hydrogen-bond donors (Lipinski definition) is 2. The van der Waals surface area contributed by atoms with Crippen molar-refractivity contribution in [1.82, 2.24) is 14.6 Å². The van der Waals surface area contributed by atoms with Crippen LogP contribution in [0.5, 0.6) is 0 Å². The van der Waals surface area contributed by atoms with Crippen LogP contribution in [0.15, 0.2) is 23.2 Å². The molecule has 0 aliphatic heterocycles. The molecular formula is C12H22N4O2S. The van der Waals surface area contributed by atoms with Gasteiger partial charge in [-0.15, -0.1) is 0 Å². The molecule has 2 N–H and O–H groups in total. The molecule has 0 aliphatic rings. The largest absolute Gasteiger partial charge is 0.373 e. The van der Waals surface area contributed by atoms with Gasteiger partial charge in [0.1, 0.15) is 10.7 Å². The van der Waals surface area contributed by atoms with Crippen molar-refractivity contribution in [2.75, 3.05) is 38.5 Å². The zero-order valence-electron chi connectivity index (χ0n) is 11.7. The molecule has 1 aromatic rings. The molecule has 6 nitrogen and oxygen atoms in total. The molecule has 0 aliphatic carbocycles. The van der Waals surface area contributed by atoms with E-state index in [0.29, 0.717) is 18.9 Å². The number of anilines is 1. The highest BCUT2D eigenvalue weighted by atomic mass is 32.2. The molecule has 1 heterocycles. The lowest BCUT2D eigenvalue weighted by molar-refractivity contribution is 0.309. The van der Waals surface area contributed by atoms with Gasteiger partial charge in [-0.3, -0.25) is 0 Å². The van der Waals surface area contributed by atoms with E-state index in [-0.39, 0.29) is 4.90 Å². The smallest absolute Gasteiger partial charge is 0.242 e. The van der Waals surface area contributed by atoms with Crippen molar-refractivity contribution in [3.8, 4) is 0 Å². The average molecular weight is 286 g/mol. The molecule has 0 fully saturated rings. The molecule has 1 aromatic heterocycles. The van der Waals surface area contributed by atoms with Crippen molar-refractivity contribution < 1.29 is 8.42 Å². The fourth-order valence-electron chi connectivity index (χ4n) is 1.65. The topological polar surface area (TPSA) is 74.3 Å². The lowest BCUT2D eigenvalue weighted by atomic mass is 10.5. The van der Waals surface area contributed by atoms with Gasteiger partial charge in [0.25, 0.3) is 0 Å². The first-order chi connectivity index (χ1) is 9.03. The Morgan fingerprint density at radius 3 is 2.42 bits per heavy atom. The van der Waals surface area contributed by atoms with E-state index in [9.17, 15) is 8.42 Å². The quantitative estimate of drug-likeness (QED) is 0.737. The lowest BCUT2D eigenvalue weighted by Gasteiger charge is -2.17. The Morgan fingerprint density at radius 1 is 1.26 bits per heavy atom. The Balaban J connectivity index is 2.60. The minimum atomic E-state index is -3.46. The summed E-state index contributed by atoms with van der Waals surface area (Å²) < 4.78 is 26.6. The summed E-state index contributed by atoms with van der Waals surface area (Å²) in [7, 11) is -1.73. The first-order valence-electron chi connectivity index (χ1n) is 6.39. The summed E-state index contributed by atoms with van der Waals surface area (Å²) in [6.45, 7) is 7.04. The van der Waals surface area contributed by atoms with Crippen LogP contribution in [0.25, 0.3) is 0 Å². The van der Waals surface area contributed by atoms with Crippen molar-refractivity contribution in [2.24, 2.45) is 0 Å². The highest BCUT2D eigenvalue weighted by molar-refractivity contribution is 7.89. The maximum atomic E-state index is 12.0. The summed E-state index contributed by atoms with van der Waals surface area (Å²) in [5.74, 6) is 0.641. The molecule has 7 heteroatoms. The van der Waals surface area contributed by atoms with E-state index in [1.54, 1.807) is 19.2 Å². The van der Waals surface area contributed by atoms with E-state index >= 15 is 0 Å². The van der Waals surface area contributed by atoms with Gasteiger partial charge in [-0.1, -0.05) is 13.8 Å². The van der Waals surface area contributed by atoms with Crippen molar-refractivity contribution in [3.63, 3.8) is 0 Å². The fraction of sp³-hybridized carbons (Fsp3) is 0.583. The van der Waals surface area contributed by atoms with E-state index in [1.165, 1.54) is 6.20 Å². The Hall–Kier alpha value is -1.18. The molecule has 0 saturated heterocycles. The fourth-order valence-corrected chi connectivity index (χ4v) is 2.61. The van der Waals surface area contributed by atoms with Gasteiger partial charge in [0, 0.05) is 26.3 Å². The number of likely N-dealkylation sites (N-methyl/N-ethyl adjacent to an activating group) is 1. The Labute approximate surface area is 115 Å². The minimum Gasteiger partial charge on any atom is -0.373 e. The lowest BCUT2D eigenvalue weighted by Crippen LogP contribution is -2.34. The van der Waals surface area contributed by atoms with Crippen molar-refractivity contribution >= 4 is 15.8 Å². The summed E-state index contributed by atoms with van der Waals surface area (Å²) in [6.07, 6.45) is 1.35. The second-order valence-corrected chi connectivity index (χ2v) is 5.82. The third kappa shape index (κ3) is 4.77. The minimum absolute atomic E-state index is 0.186. The summed E-state index contributed by atoms with van der Waals surface area (Å²) in [6, 6.07) is 3.18. The second kappa shape index (κ2) is 7.42. The average Bonchev–Trinajstić information content (AvgIpc) is 2.43. The summed E-state index contributed by atoms with van der Waals surface area (Å²) in [5.41, 5.74) is 0. The molecule has 0 radical (unpaired) electrons. The van der Waals surface area contributed by atoms with Crippen LogP contribution in [0.1, 0.15) is 13.8 Å². The molecular weight excluding hydrogens is 264 g/mol. The molecule has 0 unspecified atom stereocenters. The van der Waals surface area contributed by atoms with Crippen LogP contribution in [-0.2, 0) is 10.0 Å². The zero-order valence-corrected chi connectivity index (χ0v) is 12.5. The number of rotatable bonds is 8. The van der Waals surface area contributed by atoms with Crippen LogP contribution in [0, 0.1) is 0 Å². The van der Waals surface area contributed by atoms with Crippen LogP contribution < -0.4 is 10.0 Å². The highest BCUT2D eigenvalue weighted by Crippen LogP contribution is 2.09. The van der Waals surface area contributed by atoms with Gasteiger partial charge in [-0.25, -0.2) is 18.1 Å². The van der Waals surface area contributed by atoms with E-state index in [1.807, 2.05) is 0 Å². The SMILES string of the molecule is CCN(CC)CCNS(=O)(=O)c1ccc(NC)nc1. The number of sulfonamides is 1. The molecule has 19 heavy (non-hydrogen) atoms. The molecule has 0 saturated carbocycles. The summed E-state index contributed by atoms with van der Waals surface area (Å²) >= 11 is 0. The number of pyridine rings is 1. The number of aromatic nitrogens is 1. The van der Waals surface area contributed by atoms with Gasteiger partial charge in [0.05, 0.1) is 0 Å². The van der Waals surface area contributed by atoms with Gasteiger partial charge in [0.15, 0.2) is 0 Å². The first-order valence-corrected chi connectivity index (χ1v) is 7.87. The molecule has 0 aromatic carbocycles. The predicted molar refractivity (Wildman–Crippen MR) is 76.8 cm³/mol. The number of nitrogens with one attached hydrogen (secondary N) is 2. The van der Waals surface area contributed by atoms with E-state index in [2.05, 4.69) is 33.8 Å². The summed E-state index contributed by atoms with van der Waals surface area (Å²) in [5, 5.41) is 2.85. The molecule has 0 spiro atoms. The normalized spacial score (nSPS) is 11.8. The van der Waals surface area contributed by atoms with Crippen LogP contribution in [0.4, 0.5) is 5.82 Å². The molecule has 108 valence electrons. The van der Waals surface area contributed by atoms with Gasteiger partial charge in [-0.2, -0.15) is 0 Å². The Morgan fingerprint density at radius 2 is 1.95 bits per heavy atom. The van der Waals surface area contributed by atoms with E-state index < -0.39 is 10.0 Å². The van der Waals surface area contributed by atoms with Crippen molar-refractivity contribution in [1.29, 1.82) is 0 Å². The Bertz CT molecular complexity index is 469.